The van der Waals surface area contributed by atoms with Gasteiger partial charge in [-0.1, -0.05) is 13.8 Å². The SMILES string of the molecule is CCC(CC)(CCCOC(N)=O)OC(N)=O. The van der Waals surface area contributed by atoms with E-state index in [1.165, 1.54) is 0 Å². The maximum Gasteiger partial charge on any atom is 0.405 e. The Balaban J connectivity index is 4.11. The third-order valence-corrected chi connectivity index (χ3v) is 2.63. The van der Waals surface area contributed by atoms with E-state index >= 15 is 0 Å². The Morgan fingerprint density at radius 2 is 1.69 bits per heavy atom. The predicted molar refractivity (Wildman–Crippen MR) is 58.8 cm³/mol. The van der Waals surface area contributed by atoms with Crippen LogP contribution in [-0.4, -0.2) is 24.4 Å². The molecule has 94 valence electrons. The van der Waals surface area contributed by atoms with Crippen molar-refractivity contribution in [2.45, 2.75) is 45.1 Å². The van der Waals surface area contributed by atoms with Gasteiger partial charge in [0.25, 0.3) is 0 Å². The quantitative estimate of drug-likeness (QED) is 0.649. The van der Waals surface area contributed by atoms with Crippen LogP contribution in [0.15, 0.2) is 0 Å². The van der Waals surface area contributed by atoms with Crippen LogP contribution in [0.5, 0.6) is 0 Å². The lowest BCUT2D eigenvalue weighted by molar-refractivity contribution is -0.00177. The van der Waals surface area contributed by atoms with Crippen molar-refractivity contribution in [3.05, 3.63) is 0 Å². The van der Waals surface area contributed by atoms with Gasteiger partial charge in [0.05, 0.1) is 6.61 Å². The summed E-state index contributed by atoms with van der Waals surface area (Å²) in [6.45, 7) is 4.06. The minimum atomic E-state index is -0.797. The largest absolute Gasteiger partial charge is 0.450 e. The second-order valence-corrected chi connectivity index (χ2v) is 3.58. The van der Waals surface area contributed by atoms with Crippen molar-refractivity contribution in [1.82, 2.24) is 0 Å². The average molecular weight is 232 g/mol. The maximum atomic E-state index is 10.8. The van der Waals surface area contributed by atoms with E-state index in [9.17, 15) is 9.59 Å². The first-order valence-corrected chi connectivity index (χ1v) is 5.36. The highest BCUT2D eigenvalue weighted by Gasteiger charge is 2.29. The monoisotopic (exact) mass is 232 g/mol. The summed E-state index contributed by atoms with van der Waals surface area (Å²) in [5.74, 6) is 0. The van der Waals surface area contributed by atoms with Crippen LogP contribution in [0.2, 0.25) is 0 Å². The molecule has 0 aliphatic heterocycles. The highest BCUT2D eigenvalue weighted by Crippen LogP contribution is 2.26. The topological polar surface area (TPSA) is 105 Å². The summed E-state index contributed by atoms with van der Waals surface area (Å²) in [6, 6.07) is 0. The van der Waals surface area contributed by atoms with Crippen LogP contribution in [0.1, 0.15) is 39.5 Å². The Hall–Kier alpha value is -1.46. The lowest BCUT2D eigenvalue weighted by Crippen LogP contribution is -2.36. The normalized spacial score (nSPS) is 10.9. The van der Waals surface area contributed by atoms with E-state index in [-0.39, 0.29) is 6.61 Å². The molecule has 0 aliphatic carbocycles. The van der Waals surface area contributed by atoms with Gasteiger partial charge in [-0.15, -0.1) is 0 Å². The number of carbonyl (C=O) groups excluding carboxylic acids is 2. The van der Waals surface area contributed by atoms with E-state index in [1.807, 2.05) is 13.8 Å². The molecule has 0 fully saturated rings. The van der Waals surface area contributed by atoms with Gasteiger partial charge in [-0.3, -0.25) is 0 Å². The molecule has 0 radical (unpaired) electrons. The fourth-order valence-corrected chi connectivity index (χ4v) is 1.58. The lowest BCUT2D eigenvalue weighted by atomic mass is 9.91. The van der Waals surface area contributed by atoms with Gasteiger partial charge in [0.2, 0.25) is 0 Å². The Morgan fingerprint density at radius 3 is 2.06 bits per heavy atom. The fraction of sp³-hybridized carbons (Fsp3) is 0.800. The van der Waals surface area contributed by atoms with Crippen molar-refractivity contribution in [3.8, 4) is 0 Å². The summed E-state index contributed by atoms with van der Waals surface area (Å²) in [5.41, 5.74) is 9.27. The van der Waals surface area contributed by atoms with Crippen LogP contribution in [0.3, 0.4) is 0 Å². The molecule has 6 heteroatoms. The first kappa shape index (κ1) is 14.5. The fourth-order valence-electron chi connectivity index (χ4n) is 1.58. The van der Waals surface area contributed by atoms with E-state index in [1.54, 1.807) is 0 Å². The molecule has 0 saturated carbocycles. The molecule has 0 rings (SSSR count). The molecule has 0 bridgehead atoms. The van der Waals surface area contributed by atoms with E-state index in [0.717, 1.165) is 0 Å². The van der Waals surface area contributed by atoms with Gasteiger partial charge in [-0.05, 0) is 25.7 Å². The zero-order valence-electron chi connectivity index (χ0n) is 9.82. The van der Waals surface area contributed by atoms with E-state index in [2.05, 4.69) is 4.74 Å². The molecule has 6 nitrogen and oxygen atoms in total. The van der Waals surface area contributed by atoms with Gasteiger partial charge in [0, 0.05) is 0 Å². The highest BCUT2D eigenvalue weighted by molar-refractivity contribution is 5.65. The van der Waals surface area contributed by atoms with Crippen LogP contribution < -0.4 is 11.5 Å². The molecule has 0 unspecified atom stereocenters. The highest BCUT2D eigenvalue weighted by atomic mass is 16.6. The first-order valence-electron chi connectivity index (χ1n) is 5.36. The number of amides is 2. The molecule has 0 aromatic carbocycles. The van der Waals surface area contributed by atoms with Crippen molar-refractivity contribution in [2.75, 3.05) is 6.61 Å². The van der Waals surface area contributed by atoms with Gasteiger partial charge < -0.3 is 20.9 Å². The summed E-state index contributed by atoms with van der Waals surface area (Å²) < 4.78 is 9.71. The minimum Gasteiger partial charge on any atom is -0.450 e. The van der Waals surface area contributed by atoms with Crippen molar-refractivity contribution in [3.63, 3.8) is 0 Å². The molecule has 0 heterocycles. The van der Waals surface area contributed by atoms with Crippen LogP contribution in [0.4, 0.5) is 9.59 Å². The number of nitrogens with two attached hydrogens (primary N) is 2. The second kappa shape index (κ2) is 6.92. The van der Waals surface area contributed by atoms with Gasteiger partial charge in [0.1, 0.15) is 5.60 Å². The Morgan fingerprint density at radius 1 is 1.12 bits per heavy atom. The number of rotatable bonds is 7. The molecule has 2 amide bonds. The van der Waals surface area contributed by atoms with Gasteiger partial charge >= 0.3 is 12.2 Å². The van der Waals surface area contributed by atoms with Crippen molar-refractivity contribution >= 4 is 12.2 Å². The lowest BCUT2D eigenvalue weighted by Gasteiger charge is -2.30. The van der Waals surface area contributed by atoms with Gasteiger partial charge in [0.15, 0.2) is 0 Å². The molecule has 0 aliphatic rings. The number of primary amides is 2. The van der Waals surface area contributed by atoms with Crippen LogP contribution in [0, 0.1) is 0 Å². The van der Waals surface area contributed by atoms with Crippen LogP contribution in [0.25, 0.3) is 0 Å². The summed E-state index contributed by atoms with van der Waals surface area (Å²) in [7, 11) is 0. The Labute approximate surface area is 95.3 Å². The van der Waals surface area contributed by atoms with E-state index in [4.69, 9.17) is 16.2 Å². The molecular weight excluding hydrogens is 212 g/mol. The molecule has 0 aromatic heterocycles. The average Bonchev–Trinajstić information content (AvgIpc) is 2.22. The Kier molecular flexibility index (Phi) is 6.29. The molecular formula is C10H20N2O4. The van der Waals surface area contributed by atoms with Crippen LogP contribution in [-0.2, 0) is 9.47 Å². The summed E-state index contributed by atoms with van der Waals surface area (Å²) >= 11 is 0. The predicted octanol–water partition coefficient (Wildman–Crippen LogP) is 1.52. The summed E-state index contributed by atoms with van der Waals surface area (Å²) in [6.07, 6.45) is 0.939. The van der Waals surface area contributed by atoms with Gasteiger partial charge in [-0.2, -0.15) is 0 Å². The number of ether oxygens (including phenoxy) is 2. The van der Waals surface area contributed by atoms with Crippen molar-refractivity contribution in [1.29, 1.82) is 0 Å². The molecule has 0 spiro atoms. The smallest absolute Gasteiger partial charge is 0.405 e. The third kappa shape index (κ3) is 5.43. The third-order valence-electron chi connectivity index (χ3n) is 2.63. The molecule has 0 saturated heterocycles. The maximum absolute atomic E-state index is 10.8. The molecule has 16 heavy (non-hydrogen) atoms. The van der Waals surface area contributed by atoms with Crippen molar-refractivity contribution in [2.24, 2.45) is 11.5 Å². The first-order chi connectivity index (χ1) is 7.45. The zero-order valence-corrected chi connectivity index (χ0v) is 9.82. The second-order valence-electron chi connectivity index (χ2n) is 3.58. The number of hydrogen-bond acceptors (Lipinski definition) is 4. The van der Waals surface area contributed by atoms with E-state index in [0.29, 0.717) is 25.7 Å². The number of hydrogen-bond donors (Lipinski definition) is 2. The Bertz CT molecular complexity index is 239. The standard InChI is InChI=1S/C10H20N2O4/c1-3-10(4-2,16-9(12)14)6-5-7-15-8(11)13/h3-7H2,1-2H3,(H2,11,13)(H2,12,14). The van der Waals surface area contributed by atoms with Crippen LogP contribution >= 0.6 is 0 Å². The summed E-state index contributed by atoms with van der Waals surface area (Å²) in [5, 5.41) is 0. The molecule has 4 N–H and O–H groups in total. The molecule has 0 atom stereocenters. The minimum absolute atomic E-state index is 0.221. The van der Waals surface area contributed by atoms with E-state index < -0.39 is 17.8 Å². The van der Waals surface area contributed by atoms with Gasteiger partial charge in [-0.25, -0.2) is 9.59 Å². The van der Waals surface area contributed by atoms with Crippen molar-refractivity contribution < 1.29 is 19.1 Å². The number of carbonyl (C=O) groups is 2. The molecule has 0 aromatic rings. The zero-order chi connectivity index (χ0) is 12.6. The summed E-state index contributed by atoms with van der Waals surface area (Å²) in [4.78, 5) is 21.1.